The van der Waals surface area contributed by atoms with Crippen LogP contribution in [0.3, 0.4) is 0 Å². The Labute approximate surface area is 181 Å². The second-order valence-corrected chi connectivity index (χ2v) is 14.8. The molecule has 7 nitrogen and oxygen atoms in total. The van der Waals surface area contributed by atoms with Gasteiger partial charge in [-0.3, -0.25) is 10.2 Å². The Kier molecular flexibility index (Phi) is 9.74. The fourth-order valence-corrected chi connectivity index (χ4v) is 4.42. The molecule has 0 aliphatic heterocycles. The highest BCUT2D eigenvalue weighted by Crippen LogP contribution is 2.15. The molecular weight excluding hydrogens is 400 g/mol. The number of hydrogen-bond donors (Lipinski definition) is 1. The van der Waals surface area contributed by atoms with Crippen molar-refractivity contribution in [1.29, 1.82) is 0 Å². The molecule has 0 atom stereocenters. The SMILES string of the molecule is COCN(Cc1cccc(/C=C(\NC(=O)OC(C)(C)C)C(=O)OC)c1)C[Si](C)(C)C. The first-order valence-electron chi connectivity index (χ1n) is 9.93. The predicted octanol–water partition coefficient (Wildman–Crippen LogP) is 4.01. The van der Waals surface area contributed by atoms with Gasteiger partial charge in [-0.2, -0.15) is 0 Å². The topological polar surface area (TPSA) is 77.1 Å². The van der Waals surface area contributed by atoms with E-state index in [0.717, 1.165) is 23.8 Å². The molecule has 1 aromatic rings. The number of carbonyl (C=O) groups excluding carboxylic acids is 2. The summed E-state index contributed by atoms with van der Waals surface area (Å²) < 4.78 is 15.4. The van der Waals surface area contributed by atoms with Crippen LogP contribution < -0.4 is 5.32 Å². The Hall–Kier alpha value is -2.16. The molecule has 8 heteroatoms. The first kappa shape index (κ1) is 25.9. The number of benzene rings is 1. The summed E-state index contributed by atoms with van der Waals surface area (Å²) in [4.78, 5) is 26.5. The summed E-state index contributed by atoms with van der Waals surface area (Å²) in [6, 6.07) is 7.79. The molecule has 0 aliphatic carbocycles. The van der Waals surface area contributed by atoms with Crippen LogP contribution in [0, 0.1) is 0 Å². The first-order chi connectivity index (χ1) is 13.8. The summed E-state index contributed by atoms with van der Waals surface area (Å²) in [5.41, 5.74) is 1.20. The molecule has 1 amide bonds. The molecule has 168 valence electrons. The van der Waals surface area contributed by atoms with Gasteiger partial charge in [0.25, 0.3) is 0 Å². The highest BCUT2D eigenvalue weighted by molar-refractivity contribution is 6.76. The summed E-state index contributed by atoms with van der Waals surface area (Å²) in [6.45, 7) is 13.5. The molecule has 0 saturated carbocycles. The molecule has 0 fully saturated rings. The Morgan fingerprint density at radius 2 is 1.83 bits per heavy atom. The number of nitrogens with zero attached hydrogens (tertiary/aromatic N) is 1. The van der Waals surface area contributed by atoms with Crippen molar-refractivity contribution < 1.29 is 23.8 Å². The van der Waals surface area contributed by atoms with Crippen molar-refractivity contribution in [3.8, 4) is 0 Å². The van der Waals surface area contributed by atoms with Gasteiger partial charge < -0.3 is 14.2 Å². The maximum Gasteiger partial charge on any atom is 0.412 e. The monoisotopic (exact) mass is 436 g/mol. The van der Waals surface area contributed by atoms with Crippen LogP contribution >= 0.6 is 0 Å². The van der Waals surface area contributed by atoms with Crippen molar-refractivity contribution in [2.75, 3.05) is 27.1 Å². The van der Waals surface area contributed by atoms with Gasteiger partial charge in [0.2, 0.25) is 0 Å². The van der Waals surface area contributed by atoms with Crippen LogP contribution in [0.25, 0.3) is 6.08 Å². The van der Waals surface area contributed by atoms with Crippen molar-refractivity contribution >= 4 is 26.2 Å². The summed E-state index contributed by atoms with van der Waals surface area (Å²) in [5, 5.41) is 2.48. The molecule has 0 heterocycles. The van der Waals surface area contributed by atoms with Gasteiger partial charge in [-0.05, 0) is 44.1 Å². The second kappa shape index (κ2) is 11.3. The number of ether oxygens (including phenoxy) is 3. The maximum absolute atomic E-state index is 12.1. The molecule has 0 saturated heterocycles. The number of amides is 1. The van der Waals surface area contributed by atoms with E-state index in [9.17, 15) is 9.59 Å². The number of alkyl carbamates (subject to hydrolysis) is 1. The lowest BCUT2D eigenvalue weighted by molar-refractivity contribution is -0.136. The normalized spacial score (nSPS) is 12.6. The minimum Gasteiger partial charge on any atom is -0.464 e. The zero-order valence-electron chi connectivity index (χ0n) is 19.5. The van der Waals surface area contributed by atoms with Crippen molar-refractivity contribution in [3.63, 3.8) is 0 Å². The largest absolute Gasteiger partial charge is 0.464 e. The summed E-state index contributed by atoms with van der Waals surface area (Å²) >= 11 is 0. The molecule has 1 N–H and O–H groups in total. The van der Waals surface area contributed by atoms with Crippen molar-refractivity contribution in [3.05, 3.63) is 41.1 Å². The molecule has 1 aromatic carbocycles. The zero-order valence-corrected chi connectivity index (χ0v) is 20.5. The molecule has 0 radical (unpaired) electrons. The van der Waals surface area contributed by atoms with Crippen LogP contribution in [0.1, 0.15) is 31.9 Å². The molecular formula is C22H36N2O5Si. The van der Waals surface area contributed by atoms with Crippen molar-refractivity contribution in [2.45, 2.75) is 52.6 Å². The fourth-order valence-electron chi connectivity index (χ4n) is 2.88. The van der Waals surface area contributed by atoms with E-state index in [0.29, 0.717) is 6.73 Å². The van der Waals surface area contributed by atoms with Crippen LogP contribution in [0.2, 0.25) is 19.6 Å². The van der Waals surface area contributed by atoms with Gasteiger partial charge in [-0.25, -0.2) is 9.59 Å². The molecule has 0 aliphatic rings. The van der Waals surface area contributed by atoms with Gasteiger partial charge in [-0.15, -0.1) is 0 Å². The van der Waals surface area contributed by atoms with E-state index in [1.165, 1.54) is 7.11 Å². The fraction of sp³-hybridized carbons (Fsp3) is 0.545. The molecule has 1 rings (SSSR count). The Morgan fingerprint density at radius 1 is 1.17 bits per heavy atom. The molecule has 0 spiro atoms. The molecule has 30 heavy (non-hydrogen) atoms. The highest BCUT2D eigenvalue weighted by Gasteiger charge is 2.21. The second-order valence-electron chi connectivity index (χ2n) is 9.39. The average molecular weight is 437 g/mol. The van der Waals surface area contributed by atoms with Crippen LogP contribution in [0.15, 0.2) is 30.0 Å². The lowest BCUT2D eigenvalue weighted by Gasteiger charge is -2.28. The lowest BCUT2D eigenvalue weighted by atomic mass is 10.1. The Morgan fingerprint density at radius 3 is 2.37 bits per heavy atom. The zero-order chi connectivity index (χ0) is 22.9. The van der Waals surface area contributed by atoms with Crippen molar-refractivity contribution in [1.82, 2.24) is 10.2 Å². The number of rotatable bonds is 9. The van der Waals surface area contributed by atoms with E-state index in [1.54, 1.807) is 34.0 Å². The standard InChI is InChI=1S/C22H36N2O5Si/c1-22(2,3)29-21(26)23-19(20(25)28-5)13-17-10-9-11-18(12-17)14-24(15-27-4)16-30(6,7)8/h9-13H,14-16H2,1-8H3,(H,23,26)/b19-13-. The summed E-state index contributed by atoms with van der Waals surface area (Å²) in [6.07, 6.45) is 1.88. The highest BCUT2D eigenvalue weighted by atomic mass is 28.3. The Bertz CT molecular complexity index is 751. The van der Waals surface area contributed by atoms with Gasteiger partial charge in [-0.1, -0.05) is 43.9 Å². The maximum atomic E-state index is 12.1. The smallest absolute Gasteiger partial charge is 0.412 e. The molecule has 0 aromatic heterocycles. The quantitative estimate of drug-likeness (QED) is 0.273. The van der Waals surface area contributed by atoms with Gasteiger partial charge >= 0.3 is 12.1 Å². The minimum atomic E-state index is -1.30. The third kappa shape index (κ3) is 10.6. The third-order valence-corrected chi connectivity index (χ3v) is 5.11. The lowest BCUT2D eigenvalue weighted by Crippen LogP contribution is -2.40. The van der Waals surface area contributed by atoms with Crippen LogP contribution in [-0.4, -0.2) is 57.8 Å². The van der Waals surface area contributed by atoms with E-state index in [4.69, 9.17) is 14.2 Å². The number of methoxy groups -OCH3 is 2. The predicted molar refractivity (Wildman–Crippen MR) is 121 cm³/mol. The van der Waals surface area contributed by atoms with E-state index in [1.807, 2.05) is 24.3 Å². The third-order valence-electron chi connectivity index (χ3n) is 3.72. The van der Waals surface area contributed by atoms with Gasteiger partial charge in [0.1, 0.15) is 11.3 Å². The van der Waals surface area contributed by atoms with Crippen molar-refractivity contribution in [2.24, 2.45) is 0 Å². The minimum absolute atomic E-state index is 0.0137. The van der Waals surface area contributed by atoms with Crippen LogP contribution in [-0.2, 0) is 25.5 Å². The first-order valence-corrected chi connectivity index (χ1v) is 13.6. The van der Waals surface area contributed by atoms with E-state index in [-0.39, 0.29) is 5.70 Å². The number of hydrogen-bond acceptors (Lipinski definition) is 6. The Balaban J connectivity index is 3.06. The van der Waals surface area contributed by atoms with Gasteiger partial charge in [0.05, 0.1) is 21.9 Å². The van der Waals surface area contributed by atoms with E-state index < -0.39 is 25.7 Å². The van der Waals surface area contributed by atoms with Crippen LogP contribution in [0.4, 0.5) is 4.79 Å². The van der Waals surface area contributed by atoms with Crippen LogP contribution in [0.5, 0.6) is 0 Å². The van der Waals surface area contributed by atoms with E-state index >= 15 is 0 Å². The number of nitrogens with one attached hydrogen (secondary N) is 1. The molecule has 0 unspecified atom stereocenters. The number of esters is 1. The summed E-state index contributed by atoms with van der Waals surface area (Å²) in [7, 11) is 1.66. The molecule has 0 bridgehead atoms. The number of carbonyl (C=O) groups is 2. The van der Waals surface area contributed by atoms with E-state index in [2.05, 4.69) is 29.9 Å². The van der Waals surface area contributed by atoms with Gasteiger partial charge in [0, 0.05) is 13.7 Å². The average Bonchev–Trinajstić information content (AvgIpc) is 2.58. The van der Waals surface area contributed by atoms with Gasteiger partial charge in [0.15, 0.2) is 0 Å². The summed E-state index contributed by atoms with van der Waals surface area (Å²) in [5.74, 6) is -0.647.